The van der Waals surface area contributed by atoms with Crippen molar-refractivity contribution in [2.75, 3.05) is 32.7 Å². The maximum atomic E-state index is 3.53. The summed E-state index contributed by atoms with van der Waals surface area (Å²) in [6, 6.07) is 0. The maximum Gasteiger partial charge on any atom is 0.00257 e. The monoisotopic (exact) mass is 236 g/mol. The minimum absolute atomic E-state index is 0.627. The van der Waals surface area contributed by atoms with Crippen molar-refractivity contribution in [3.63, 3.8) is 0 Å². The highest BCUT2D eigenvalue weighted by molar-refractivity contribution is 4.92. The molecule has 17 heavy (non-hydrogen) atoms. The van der Waals surface area contributed by atoms with E-state index in [1.54, 1.807) is 0 Å². The Morgan fingerprint density at radius 3 is 2.24 bits per heavy atom. The number of likely N-dealkylation sites (tertiary alicyclic amines) is 1. The molecule has 3 aliphatic rings. The van der Waals surface area contributed by atoms with Gasteiger partial charge in [-0.15, -0.1) is 0 Å². The van der Waals surface area contributed by atoms with Gasteiger partial charge in [-0.05, 0) is 61.9 Å². The van der Waals surface area contributed by atoms with Gasteiger partial charge in [-0.25, -0.2) is 0 Å². The molecule has 0 spiro atoms. The molecule has 1 saturated carbocycles. The number of nitrogens with zero attached hydrogens (tertiary/aromatic N) is 1. The zero-order valence-electron chi connectivity index (χ0n) is 11.5. The number of nitrogens with one attached hydrogen (secondary N) is 1. The third-order valence-corrected chi connectivity index (χ3v) is 5.44. The van der Waals surface area contributed by atoms with E-state index >= 15 is 0 Å². The molecule has 0 bridgehead atoms. The topological polar surface area (TPSA) is 15.3 Å². The highest BCUT2D eigenvalue weighted by atomic mass is 15.2. The minimum Gasteiger partial charge on any atom is -0.316 e. The van der Waals surface area contributed by atoms with Crippen molar-refractivity contribution in [2.45, 2.75) is 39.5 Å². The molecule has 0 amide bonds. The second kappa shape index (κ2) is 4.55. The van der Waals surface area contributed by atoms with Crippen LogP contribution in [-0.2, 0) is 0 Å². The minimum atomic E-state index is 0.627. The average Bonchev–Trinajstić information content (AvgIpc) is 2.81. The lowest BCUT2D eigenvalue weighted by Crippen LogP contribution is -2.33. The van der Waals surface area contributed by atoms with Gasteiger partial charge in [0.15, 0.2) is 0 Å². The Kier molecular flexibility index (Phi) is 3.20. The van der Waals surface area contributed by atoms with Crippen LogP contribution >= 0.6 is 0 Å². The summed E-state index contributed by atoms with van der Waals surface area (Å²) in [4.78, 5) is 2.76. The number of hydrogen-bond acceptors (Lipinski definition) is 2. The molecule has 3 rings (SSSR count). The van der Waals surface area contributed by atoms with Gasteiger partial charge in [0, 0.05) is 19.6 Å². The van der Waals surface area contributed by atoms with Crippen molar-refractivity contribution in [2.24, 2.45) is 23.2 Å². The van der Waals surface area contributed by atoms with E-state index in [-0.39, 0.29) is 0 Å². The van der Waals surface area contributed by atoms with Crippen LogP contribution in [0.3, 0.4) is 0 Å². The van der Waals surface area contributed by atoms with E-state index in [1.165, 1.54) is 58.4 Å². The van der Waals surface area contributed by atoms with Crippen molar-refractivity contribution in [3.05, 3.63) is 0 Å². The van der Waals surface area contributed by atoms with Crippen LogP contribution in [0.5, 0.6) is 0 Å². The Balaban J connectivity index is 1.46. The molecule has 2 atom stereocenters. The van der Waals surface area contributed by atoms with Gasteiger partial charge >= 0.3 is 0 Å². The van der Waals surface area contributed by atoms with Gasteiger partial charge in [0.2, 0.25) is 0 Å². The van der Waals surface area contributed by atoms with Gasteiger partial charge in [-0.3, -0.25) is 0 Å². The molecule has 2 aliphatic heterocycles. The summed E-state index contributed by atoms with van der Waals surface area (Å²) >= 11 is 0. The predicted molar refractivity (Wildman–Crippen MR) is 72.0 cm³/mol. The third-order valence-electron chi connectivity index (χ3n) is 5.44. The Morgan fingerprint density at radius 2 is 1.65 bits per heavy atom. The number of fused-ring (bicyclic) bond motifs is 1. The second-order valence-corrected chi connectivity index (χ2v) is 7.50. The quantitative estimate of drug-likeness (QED) is 0.792. The standard InChI is InChI=1S/C15H28N2/c1-15(2)5-3-12(4-6-15)9-17-10-13-7-16-8-14(13)11-17/h12-14,16H,3-11H2,1-2H3/t13-,14+. The van der Waals surface area contributed by atoms with Crippen LogP contribution in [-0.4, -0.2) is 37.6 Å². The van der Waals surface area contributed by atoms with Crippen molar-refractivity contribution in [1.82, 2.24) is 10.2 Å². The normalized spacial score (nSPS) is 38.5. The molecule has 98 valence electrons. The molecule has 1 N–H and O–H groups in total. The van der Waals surface area contributed by atoms with Gasteiger partial charge in [-0.1, -0.05) is 13.8 Å². The molecule has 2 saturated heterocycles. The second-order valence-electron chi connectivity index (χ2n) is 7.50. The summed E-state index contributed by atoms with van der Waals surface area (Å²) in [6.45, 7) is 11.6. The third kappa shape index (κ3) is 2.68. The molecule has 2 nitrogen and oxygen atoms in total. The lowest BCUT2D eigenvalue weighted by atomic mass is 9.73. The molecule has 0 aromatic heterocycles. The maximum absolute atomic E-state index is 3.53. The Labute approximate surface area is 106 Å². The summed E-state index contributed by atoms with van der Waals surface area (Å²) in [5.41, 5.74) is 0.627. The Bertz CT molecular complexity index is 252. The summed E-state index contributed by atoms with van der Waals surface area (Å²) in [5.74, 6) is 2.93. The highest BCUT2D eigenvalue weighted by Gasteiger charge is 2.37. The molecule has 2 heteroatoms. The number of rotatable bonds is 2. The molecule has 0 aromatic rings. The van der Waals surface area contributed by atoms with E-state index in [1.807, 2.05) is 0 Å². The van der Waals surface area contributed by atoms with Gasteiger partial charge < -0.3 is 10.2 Å². The van der Waals surface area contributed by atoms with Crippen molar-refractivity contribution < 1.29 is 0 Å². The molecule has 0 aromatic carbocycles. The SMILES string of the molecule is CC1(C)CCC(CN2C[C@H]3CNC[C@H]3C2)CC1. The van der Waals surface area contributed by atoms with E-state index in [0.717, 1.165) is 17.8 Å². The van der Waals surface area contributed by atoms with E-state index in [4.69, 9.17) is 0 Å². The Morgan fingerprint density at radius 1 is 1.06 bits per heavy atom. The van der Waals surface area contributed by atoms with Crippen LogP contribution < -0.4 is 5.32 Å². The van der Waals surface area contributed by atoms with Gasteiger partial charge in [-0.2, -0.15) is 0 Å². The molecule has 0 radical (unpaired) electrons. The first-order valence-electron chi connectivity index (χ1n) is 7.55. The van der Waals surface area contributed by atoms with Gasteiger partial charge in [0.05, 0.1) is 0 Å². The summed E-state index contributed by atoms with van der Waals surface area (Å²) in [6.07, 6.45) is 5.83. The summed E-state index contributed by atoms with van der Waals surface area (Å²) < 4.78 is 0. The fraction of sp³-hybridized carbons (Fsp3) is 1.00. The largest absolute Gasteiger partial charge is 0.316 e. The van der Waals surface area contributed by atoms with Crippen molar-refractivity contribution >= 4 is 0 Å². The number of hydrogen-bond donors (Lipinski definition) is 1. The van der Waals surface area contributed by atoms with E-state index in [2.05, 4.69) is 24.1 Å². The predicted octanol–water partition coefficient (Wildman–Crippen LogP) is 2.35. The smallest absolute Gasteiger partial charge is 0.00257 e. The van der Waals surface area contributed by atoms with Crippen LogP contribution in [0.25, 0.3) is 0 Å². The molecule has 3 fully saturated rings. The molecule has 0 unspecified atom stereocenters. The Hall–Kier alpha value is -0.0800. The lowest BCUT2D eigenvalue weighted by molar-refractivity contribution is 0.152. The first kappa shape index (κ1) is 12.0. The van der Waals surface area contributed by atoms with E-state index in [0.29, 0.717) is 5.41 Å². The molecule has 2 heterocycles. The van der Waals surface area contributed by atoms with E-state index in [9.17, 15) is 0 Å². The summed E-state index contributed by atoms with van der Waals surface area (Å²) in [5, 5.41) is 3.53. The van der Waals surface area contributed by atoms with Gasteiger partial charge in [0.1, 0.15) is 0 Å². The molecule has 1 aliphatic carbocycles. The van der Waals surface area contributed by atoms with Crippen molar-refractivity contribution in [1.29, 1.82) is 0 Å². The lowest BCUT2D eigenvalue weighted by Gasteiger charge is -2.36. The van der Waals surface area contributed by atoms with Crippen LogP contribution in [0.4, 0.5) is 0 Å². The summed E-state index contributed by atoms with van der Waals surface area (Å²) in [7, 11) is 0. The molecular formula is C15H28N2. The zero-order chi connectivity index (χ0) is 11.9. The zero-order valence-corrected chi connectivity index (χ0v) is 11.5. The highest BCUT2D eigenvalue weighted by Crippen LogP contribution is 2.39. The average molecular weight is 236 g/mol. The first-order valence-corrected chi connectivity index (χ1v) is 7.55. The fourth-order valence-corrected chi connectivity index (χ4v) is 4.11. The van der Waals surface area contributed by atoms with Crippen molar-refractivity contribution in [3.8, 4) is 0 Å². The first-order chi connectivity index (χ1) is 8.12. The molecular weight excluding hydrogens is 208 g/mol. The van der Waals surface area contributed by atoms with E-state index < -0.39 is 0 Å². The van der Waals surface area contributed by atoms with Crippen LogP contribution in [0, 0.1) is 23.2 Å². The van der Waals surface area contributed by atoms with Crippen LogP contribution in [0.2, 0.25) is 0 Å². The fourth-order valence-electron chi connectivity index (χ4n) is 4.11. The van der Waals surface area contributed by atoms with Crippen LogP contribution in [0.15, 0.2) is 0 Å². The van der Waals surface area contributed by atoms with Gasteiger partial charge in [0.25, 0.3) is 0 Å². The van der Waals surface area contributed by atoms with Crippen LogP contribution in [0.1, 0.15) is 39.5 Å².